The van der Waals surface area contributed by atoms with Gasteiger partial charge < -0.3 is 9.47 Å². The van der Waals surface area contributed by atoms with Crippen LogP contribution >= 0.6 is 0 Å². The van der Waals surface area contributed by atoms with Crippen LogP contribution in [0.3, 0.4) is 0 Å². The summed E-state index contributed by atoms with van der Waals surface area (Å²) in [6.45, 7) is 6.66. The number of benzene rings is 1. The summed E-state index contributed by atoms with van der Waals surface area (Å²) < 4.78 is 10.7. The van der Waals surface area contributed by atoms with Crippen molar-refractivity contribution in [1.29, 1.82) is 0 Å². The molecule has 2 nitrogen and oxygen atoms in total. The van der Waals surface area contributed by atoms with Crippen LogP contribution in [0, 0.1) is 0 Å². The predicted octanol–water partition coefficient (Wildman–Crippen LogP) is 5.47. The second kappa shape index (κ2) is 8.68. The van der Waals surface area contributed by atoms with Gasteiger partial charge in [-0.1, -0.05) is 31.8 Å². The van der Waals surface area contributed by atoms with Crippen molar-refractivity contribution >= 4 is 5.57 Å². The lowest BCUT2D eigenvalue weighted by atomic mass is 9.98. The molecule has 0 bridgehead atoms. The molecule has 0 N–H and O–H groups in total. The Kier molecular flexibility index (Phi) is 7.21. The van der Waals surface area contributed by atoms with E-state index in [1.54, 1.807) is 14.2 Å². The van der Waals surface area contributed by atoms with E-state index in [4.69, 9.17) is 9.47 Å². The average molecular weight is 276 g/mol. The second-order valence-electron chi connectivity index (χ2n) is 5.32. The maximum absolute atomic E-state index is 5.34. The fourth-order valence-corrected chi connectivity index (χ4v) is 2.27. The molecule has 1 aromatic rings. The zero-order valence-corrected chi connectivity index (χ0v) is 13.6. The summed E-state index contributed by atoms with van der Waals surface area (Å²) in [6.07, 6.45) is 6.39. The number of hydrogen-bond donors (Lipinski definition) is 0. The molecule has 0 saturated carbocycles. The Balaban J connectivity index is 2.85. The lowest BCUT2D eigenvalue weighted by molar-refractivity contribution is 0.394. The smallest absolute Gasteiger partial charge is 0.123 e. The molecule has 0 fully saturated rings. The number of hydrogen-bond acceptors (Lipinski definition) is 2. The van der Waals surface area contributed by atoms with E-state index in [1.165, 1.54) is 48.8 Å². The van der Waals surface area contributed by atoms with E-state index in [0.29, 0.717) is 0 Å². The van der Waals surface area contributed by atoms with E-state index in [2.05, 4.69) is 32.9 Å². The Hall–Kier alpha value is -1.44. The Labute approximate surface area is 123 Å². The quantitative estimate of drug-likeness (QED) is 0.586. The molecule has 0 aliphatic heterocycles. The summed E-state index contributed by atoms with van der Waals surface area (Å²) in [5.74, 6) is 1.69. The van der Waals surface area contributed by atoms with E-state index < -0.39 is 0 Å². The van der Waals surface area contributed by atoms with Crippen LogP contribution in [0.15, 0.2) is 23.8 Å². The van der Waals surface area contributed by atoms with Gasteiger partial charge in [0.1, 0.15) is 11.5 Å². The summed E-state index contributed by atoms with van der Waals surface area (Å²) in [5, 5.41) is 0. The molecule has 0 radical (unpaired) electrons. The molecule has 0 atom stereocenters. The number of allylic oxidation sites excluding steroid dienone is 2. The Morgan fingerprint density at radius 1 is 0.900 bits per heavy atom. The number of rotatable bonds is 8. The van der Waals surface area contributed by atoms with Crippen LogP contribution in [-0.4, -0.2) is 14.2 Å². The lowest BCUT2D eigenvalue weighted by Crippen LogP contribution is -1.92. The van der Waals surface area contributed by atoms with Crippen LogP contribution in [0.5, 0.6) is 11.5 Å². The van der Waals surface area contributed by atoms with Crippen molar-refractivity contribution in [2.45, 2.75) is 52.9 Å². The zero-order chi connectivity index (χ0) is 15.0. The highest BCUT2D eigenvalue weighted by atomic mass is 16.5. The van der Waals surface area contributed by atoms with E-state index in [1.807, 2.05) is 6.07 Å². The minimum Gasteiger partial charge on any atom is -0.497 e. The first-order chi connectivity index (χ1) is 9.62. The van der Waals surface area contributed by atoms with Gasteiger partial charge in [-0.3, -0.25) is 0 Å². The zero-order valence-electron chi connectivity index (χ0n) is 13.6. The molecule has 0 aliphatic rings. The van der Waals surface area contributed by atoms with E-state index in [-0.39, 0.29) is 0 Å². The van der Waals surface area contributed by atoms with E-state index >= 15 is 0 Å². The third-order valence-electron chi connectivity index (χ3n) is 3.83. The molecule has 0 saturated heterocycles. The first-order valence-corrected chi connectivity index (χ1v) is 7.52. The van der Waals surface area contributed by atoms with E-state index in [0.717, 1.165) is 11.5 Å². The van der Waals surface area contributed by atoms with Gasteiger partial charge in [-0.2, -0.15) is 0 Å². The topological polar surface area (TPSA) is 18.5 Å². The standard InChI is InChI=1S/C18H28O2/c1-6-7-8-9-10-14(2)15(3)16-11-17(19-4)13-18(12-16)20-5/h11-13H,6-10H2,1-5H3/b15-14-. The maximum atomic E-state index is 5.34. The number of unbranched alkanes of at least 4 members (excludes halogenated alkanes) is 3. The average Bonchev–Trinajstić information content (AvgIpc) is 2.49. The van der Waals surface area contributed by atoms with Crippen molar-refractivity contribution in [3.8, 4) is 11.5 Å². The minimum atomic E-state index is 0.845. The Bertz CT molecular complexity index is 424. The second-order valence-corrected chi connectivity index (χ2v) is 5.32. The molecule has 0 spiro atoms. The normalized spacial score (nSPS) is 12.1. The molecule has 20 heavy (non-hydrogen) atoms. The summed E-state index contributed by atoms with van der Waals surface area (Å²) in [6, 6.07) is 6.06. The molecular formula is C18H28O2. The van der Waals surface area contributed by atoms with E-state index in [9.17, 15) is 0 Å². The van der Waals surface area contributed by atoms with Gasteiger partial charge in [0, 0.05) is 6.07 Å². The predicted molar refractivity (Wildman–Crippen MR) is 86.6 cm³/mol. The molecule has 0 unspecified atom stereocenters. The van der Waals surface area contributed by atoms with Crippen LogP contribution in [-0.2, 0) is 0 Å². The molecule has 0 amide bonds. The SMILES string of the molecule is CCCCCC/C(C)=C(/C)c1cc(OC)cc(OC)c1. The van der Waals surface area contributed by atoms with Gasteiger partial charge in [-0.05, 0) is 50.0 Å². The van der Waals surface area contributed by atoms with Crippen molar-refractivity contribution in [3.63, 3.8) is 0 Å². The summed E-state index contributed by atoms with van der Waals surface area (Å²) >= 11 is 0. The molecule has 2 heteroatoms. The lowest BCUT2D eigenvalue weighted by Gasteiger charge is -2.12. The van der Waals surface area contributed by atoms with Gasteiger partial charge in [-0.15, -0.1) is 0 Å². The molecule has 112 valence electrons. The highest BCUT2D eigenvalue weighted by Crippen LogP contribution is 2.29. The van der Waals surface area contributed by atoms with Crippen molar-refractivity contribution in [3.05, 3.63) is 29.3 Å². The largest absolute Gasteiger partial charge is 0.497 e. The molecule has 0 heterocycles. The first kappa shape index (κ1) is 16.6. The molecule has 1 rings (SSSR count). The van der Waals surface area contributed by atoms with Gasteiger partial charge in [-0.25, -0.2) is 0 Å². The maximum Gasteiger partial charge on any atom is 0.123 e. The van der Waals surface area contributed by atoms with Crippen LogP contribution in [0.1, 0.15) is 58.4 Å². The Morgan fingerprint density at radius 2 is 1.50 bits per heavy atom. The molecular weight excluding hydrogens is 248 g/mol. The number of methoxy groups -OCH3 is 2. The fraction of sp³-hybridized carbons (Fsp3) is 0.556. The van der Waals surface area contributed by atoms with Gasteiger partial charge in [0.25, 0.3) is 0 Å². The summed E-state index contributed by atoms with van der Waals surface area (Å²) in [4.78, 5) is 0. The van der Waals surface area contributed by atoms with Crippen LogP contribution in [0.2, 0.25) is 0 Å². The highest BCUT2D eigenvalue weighted by molar-refractivity contribution is 5.69. The first-order valence-electron chi connectivity index (χ1n) is 7.52. The molecule has 0 aromatic heterocycles. The third-order valence-corrected chi connectivity index (χ3v) is 3.83. The third kappa shape index (κ3) is 4.92. The van der Waals surface area contributed by atoms with Gasteiger partial charge in [0.05, 0.1) is 14.2 Å². The summed E-state index contributed by atoms with van der Waals surface area (Å²) in [5.41, 5.74) is 3.98. The number of ether oxygens (including phenoxy) is 2. The van der Waals surface area contributed by atoms with Crippen molar-refractivity contribution in [2.24, 2.45) is 0 Å². The van der Waals surface area contributed by atoms with Crippen molar-refractivity contribution in [2.75, 3.05) is 14.2 Å². The van der Waals surface area contributed by atoms with Gasteiger partial charge >= 0.3 is 0 Å². The Morgan fingerprint density at radius 3 is 2.00 bits per heavy atom. The van der Waals surface area contributed by atoms with Crippen LogP contribution in [0.4, 0.5) is 0 Å². The summed E-state index contributed by atoms with van der Waals surface area (Å²) in [7, 11) is 3.38. The minimum absolute atomic E-state index is 0.845. The molecule has 0 aliphatic carbocycles. The molecule has 1 aromatic carbocycles. The van der Waals surface area contributed by atoms with Crippen LogP contribution < -0.4 is 9.47 Å². The van der Waals surface area contributed by atoms with Crippen molar-refractivity contribution in [1.82, 2.24) is 0 Å². The van der Waals surface area contributed by atoms with Gasteiger partial charge in [0.2, 0.25) is 0 Å². The fourth-order valence-electron chi connectivity index (χ4n) is 2.27. The monoisotopic (exact) mass is 276 g/mol. The van der Waals surface area contributed by atoms with Crippen molar-refractivity contribution < 1.29 is 9.47 Å². The van der Waals surface area contributed by atoms with Gasteiger partial charge in [0.15, 0.2) is 0 Å². The highest BCUT2D eigenvalue weighted by Gasteiger charge is 2.06. The van der Waals surface area contributed by atoms with Crippen LogP contribution in [0.25, 0.3) is 5.57 Å².